The molecule has 2 aliphatic heterocycles. The summed E-state index contributed by atoms with van der Waals surface area (Å²) in [5.74, 6) is -0.277. The van der Waals surface area contributed by atoms with E-state index in [0.29, 0.717) is 23.2 Å². The minimum Gasteiger partial charge on any atom is -0.362 e. The summed E-state index contributed by atoms with van der Waals surface area (Å²) in [5.41, 5.74) is 4.66. The lowest BCUT2D eigenvalue weighted by molar-refractivity contribution is 0.0923. The second-order valence-corrected chi connectivity index (χ2v) is 7.97. The summed E-state index contributed by atoms with van der Waals surface area (Å²) in [5, 5.41) is 7.82. The molecule has 1 aromatic heterocycles. The Morgan fingerprint density at radius 2 is 1.55 bits per heavy atom. The number of amides is 2. The van der Waals surface area contributed by atoms with Gasteiger partial charge in [0.2, 0.25) is 0 Å². The van der Waals surface area contributed by atoms with Crippen LogP contribution in [0.25, 0.3) is 10.9 Å². The van der Waals surface area contributed by atoms with Crippen LogP contribution in [0.4, 0.5) is 11.4 Å². The van der Waals surface area contributed by atoms with Gasteiger partial charge in [0, 0.05) is 22.8 Å². The van der Waals surface area contributed by atoms with Crippen LogP contribution in [0.2, 0.25) is 0 Å². The molecule has 0 saturated carbocycles. The van der Waals surface area contributed by atoms with Crippen LogP contribution < -0.4 is 15.5 Å². The highest BCUT2D eigenvalue weighted by Crippen LogP contribution is 2.35. The summed E-state index contributed by atoms with van der Waals surface area (Å²) in [6.45, 7) is 0. The Bertz CT molecular complexity index is 1340. The van der Waals surface area contributed by atoms with Crippen LogP contribution in [0.5, 0.6) is 0 Å². The van der Waals surface area contributed by atoms with Crippen molar-refractivity contribution in [1.29, 1.82) is 0 Å². The molecule has 0 radical (unpaired) electrons. The maximum atomic E-state index is 13.6. The molecule has 152 valence electrons. The minimum atomic E-state index is -0.413. The fourth-order valence-corrected chi connectivity index (χ4v) is 4.72. The van der Waals surface area contributed by atoms with Gasteiger partial charge in [-0.25, -0.2) is 0 Å². The molecule has 2 unspecified atom stereocenters. The molecule has 3 aromatic carbocycles. The van der Waals surface area contributed by atoms with Gasteiger partial charge in [0.05, 0.1) is 22.9 Å². The van der Waals surface area contributed by atoms with E-state index in [-0.39, 0.29) is 17.9 Å². The van der Waals surface area contributed by atoms with E-state index in [1.807, 2.05) is 66.9 Å². The Morgan fingerprint density at radius 3 is 2.45 bits per heavy atom. The third-order valence-corrected chi connectivity index (χ3v) is 6.18. The number of aromatic amines is 1. The largest absolute Gasteiger partial charge is 0.362 e. The third-order valence-electron chi connectivity index (χ3n) is 6.18. The average Bonchev–Trinajstić information content (AvgIpc) is 3.16. The molecule has 0 fully saturated rings. The molecule has 4 aromatic rings. The molecule has 0 spiro atoms. The van der Waals surface area contributed by atoms with Gasteiger partial charge < -0.3 is 15.6 Å². The van der Waals surface area contributed by atoms with Crippen molar-refractivity contribution in [3.63, 3.8) is 0 Å². The molecule has 0 aliphatic carbocycles. The van der Waals surface area contributed by atoms with Gasteiger partial charge in [0.1, 0.15) is 6.17 Å². The molecule has 0 bridgehead atoms. The Labute approximate surface area is 178 Å². The van der Waals surface area contributed by atoms with Gasteiger partial charge in [-0.15, -0.1) is 0 Å². The van der Waals surface area contributed by atoms with Gasteiger partial charge in [0.25, 0.3) is 11.8 Å². The summed E-state index contributed by atoms with van der Waals surface area (Å²) < 4.78 is 0. The molecule has 3 N–H and O–H groups in total. The number of carbonyl (C=O) groups is 2. The third kappa shape index (κ3) is 2.72. The average molecular weight is 408 g/mol. The van der Waals surface area contributed by atoms with Crippen molar-refractivity contribution in [2.75, 3.05) is 10.2 Å². The summed E-state index contributed by atoms with van der Waals surface area (Å²) in [6.07, 6.45) is 2.15. The Hall–Kier alpha value is -4.06. The quantitative estimate of drug-likeness (QED) is 0.471. The highest BCUT2D eigenvalue weighted by molar-refractivity contribution is 6.15. The maximum Gasteiger partial charge on any atom is 0.262 e. The number of para-hydroxylation sites is 3. The summed E-state index contributed by atoms with van der Waals surface area (Å²) in [4.78, 5) is 31.8. The van der Waals surface area contributed by atoms with Gasteiger partial charge in [-0.2, -0.15) is 0 Å². The molecular formula is C25H20N4O2. The lowest BCUT2D eigenvalue weighted by Crippen LogP contribution is -2.58. The molecule has 6 nitrogen and oxygen atoms in total. The Balaban J connectivity index is 1.49. The zero-order chi connectivity index (χ0) is 20.9. The SMILES string of the molecule is O=C1NC(Cc2c[nH]c3ccccc23)C2Nc3ccccc3C(=O)N2c2ccccc21. The smallest absolute Gasteiger partial charge is 0.262 e. The van der Waals surface area contributed by atoms with E-state index in [9.17, 15) is 9.59 Å². The monoisotopic (exact) mass is 408 g/mol. The van der Waals surface area contributed by atoms with Crippen LogP contribution in [0.15, 0.2) is 79.0 Å². The predicted molar refractivity (Wildman–Crippen MR) is 120 cm³/mol. The number of hydrogen-bond donors (Lipinski definition) is 3. The molecular weight excluding hydrogens is 388 g/mol. The van der Waals surface area contributed by atoms with Crippen LogP contribution in [0, 0.1) is 0 Å². The Kier molecular flexibility index (Phi) is 3.86. The molecule has 0 saturated heterocycles. The van der Waals surface area contributed by atoms with Crippen molar-refractivity contribution >= 4 is 34.1 Å². The van der Waals surface area contributed by atoms with Crippen molar-refractivity contribution in [3.05, 3.63) is 95.7 Å². The highest BCUT2D eigenvalue weighted by atomic mass is 16.2. The lowest BCUT2D eigenvalue weighted by atomic mass is 9.98. The molecule has 3 heterocycles. The van der Waals surface area contributed by atoms with Crippen molar-refractivity contribution in [2.24, 2.45) is 0 Å². The fourth-order valence-electron chi connectivity index (χ4n) is 4.72. The number of aromatic nitrogens is 1. The van der Waals surface area contributed by atoms with Gasteiger partial charge in [-0.05, 0) is 42.3 Å². The van der Waals surface area contributed by atoms with Gasteiger partial charge in [-0.3, -0.25) is 14.5 Å². The first-order valence-electron chi connectivity index (χ1n) is 10.3. The number of benzene rings is 3. The van der Waals surface area contributed by atoms with E-state index >= 15 is 0 Å². The summed E-state index contributed by atoms with van der Waals surface area (Å²) in [6, 6.07) is 22.6. The van der Waals surface area contributed by atoms with Crippen molar-refractivity contribution < 1.29 is 9.59 Å². The van der Waals surface area contributed by atoms with Crippen LogP contribution in [0.3, 0.4) is 0 Å². The van der Waals surface area contributed by atoms with Crippen molar-refractivity contribution in [2.45, 2.75) is 18.6 Å². The fraction of sp³-hybridized carbons (Fsp3) is 0.120. The maximum absolute atomic E-state index is 13.6. The van der Waals surface area contributed by atoms with E-state index in [1.54, 1.807) is 11.0 Å². The lowest BCUT2D eigenvalue weighted by Gasteiger charge is -2.40. The molecule has 2 atom stereocenters. The molecule has 2 amide bonds. The van der Waals surface area contributed by atoms with E-state index in [1.165, 1.54) is 0 Å². The number of H-pyrrole nitrogens is 1. The zero-order valence-electron chi connectivity index (χ0n) is 16.6. The van der Waals surface area contributed by atoms with Crippen molar-refractivity contribution in [3.8, 4) is 0 Å². The summed E-state index contributed by atoms with van der Waals surface area (Å²) >= 11 is 0. The van der Waals surface area contributed by atoms with Gasteiger partial charge in [-0.1, -0.05) is 42.5 Å². The first kappa shape index (κ1) is 17.8. The van der Waals surface area contributed by atoms with E-state index in [2.05, 4.69) is 21.7 Å². The minimum absolute atomic E-state index is 0.104. The second-order valence-electron chi connectivity index (χ2n) is 7.97. The number of nitrogens with zero attached hydrogens (tertiary/aromatic N) is 1. The van der Waals surface area contributed by atoms with Crippen LogP contribution in [0.1, 0.15) is 26.3 Å². The number of rotatable bonds is 2. The number of fused-ring (bicyclic) bond motifs is 5. The van der Waals surface area contributed by atoms with Gasteiger partial charge >= 0.3 is 0 Å². The standard InChI is InChI=1S/C25H20N4O2/c30-24-18-9-3-6-12-22(18)29-23(27-20-11-5-2-8-17(20)25(29)31)21(28-24)13-15-14-26-19-10-4-1-7-16(15)19/h1-12,14,21,23,26-27H,13H2,(H,28,30). The van der Waals surface area contributed by atoms with Gasteiger partial charge in [0.15, 0.2) is 0 Å². The first-order valence-corrected chi connectivity index (χ1v) is 10.3. The number of hydrogen-bond acceptors (Lipinski definition) is 3. The topological polar surface area (TPSA) is 77.2 Å². The molecule has 2 aliphatic rings. The molecule has 6 rings (SSSR count). The van der Waals surface area contributed by atoms with Crippen molar-refractivity contribution in [1.82, 2.24) is 10.3 Å². The Morgan fingerprint density at radius 1 is 0.806 bits per heavy atom. The number of anilines is 2. The van der Waals surface area contributed by atoms with Crippen LogP contribution in [-0.4, -0.2) is 29.0 Å². The molecule has 31 heavy (non-hydrogen) atoms. The molecule has 6 heteroatoms. The summed E-state index contributed by atoms with van der Waals surface area (Å²) in [7, 11) is 0. The van der Waals surface area contributed by atoms with E-state index < -0.39 is 6.17 Å². The van der Waals surface area contributed by atoms with Crippen LogP contribution >= 0.6 is 0 Å². The zero-order valence-corrected chi connectivity index (χ0v) is 16.6. The normalized spacial score (nSPS) is 19.7. The van der Waals surface area contributed by atoms with Crippen LogP contribution in [-0.2, 0) is 6.42 Å². The van der Waals surface area contributed by atoms with E-state index in [4.69, 9.17) is 0 Å². The predicted octanol–water partition coefficient (Wildman–Crippen LogP) is 3.92. The van der Waals surface area contributed by atoms with E-state index in [0.717, 1.165) is 22.2 Å². The first-order chi connectivity index (χ1) is 15.2. The second kappa shape index (κ2) is 6.74. The number of nitrogens with one attached hydrogen (secondary N) is 3. The highest BCUT2D eigenvalue weighted by Gasteiger charge is 2.42. The number of carbonyl (C=O) groups excluding carboxylic acids is 2.